The molecule has 7 nitrogen and oxygen atoms in total. The lowest BCUT2D eigenvalue weighted by Crippen LogP contribution is -2.48. The Morgan fingerprint density at radius 3 is 2.44 bits per heavy atom. The molecule has 7 heteroatoms. The number of hydrogen-bond donors (Lipinski definition) is 0. The van der Waals surface area contributed by atoms with Gasteiger partial charge in [-0.3, -0.25) is 19.3 Å². The van der Waals surface area contributed by atoms with Gasteiger partial charge in [0, 0.05) is 31.4 Å². The molecule has 4 atom stereocenters. The number of ketones is 1. The Balaban J connectivity index is 1.31. The first-order chi connectivity index (χ1) is 16.5. The molecule has 0 N–H and O–H groups in total. The minimum absolute atomic E-state index is 0.0959. The van der Waals surface area contributed by atoms with Crippen LogP contribution >= 0.6 is 0 Å². The molecule has 174 valence electrons. The minimum atomic E-state index is -0.656. The van der Waals surface area contributed by atoms with Crippen LogP contribution in [0.1, 0.15) is 11.1 Å². The number of fused-ring (bicyclic) bond motifs is 5. The fourth-order valence-corrected chi connectivity index (χ4v) is 5.99. The van der Waals surface area contributed by atoms with Gasteiger partial charge in [0.25, 0.3) is 0 Å². The predicted molar refractivity (Wildman–Crippen MR) is 127 cm³/mol. The fraction of sp³-hybridized carbons (Fsp3) is 0.370. The first-order valence-corrected chi connectivity index (χ1v) is 11.9. The van der Waals surface area contributed by atoms with Gasteiger partial charge in [0.2, 0.25) is 11.8 Å². The summed E-state index contributed by atoms with van der Waals surface area (Å²) in [5.41, 5.74) is 3.76. The van der Waals surface area contributed by atoms with Crippen molar-refractivity contribution in [2.24, 2.45) is 11.8 Å². The van der Waals surface area contributed by atoms with Crippen LogP contribution in [-0.4, -0.2) is 60.9 Å². The van der Waals surface area contributed by atoms with Crippen molar-refractivity contribution in [2.45, 2.75) is 25.6 Å². The zero-order valence-corrected chi connectivity index (χ0v) is 19.1. The summed E-state index contributed by atoms with van der Waals surface area (Å²) in [7, 11) is 0. The van der Waals surface area contributed by atoms with Gasteiger partial charge in [0.15, 0.2) is 5.78 Å². The Morgan fingerprint density at radius 2 is 1.65 bits per heavy atom. The number of amides is 2. The summed E-state index contributed by atoms with van der Waals surface area (Å²) in [6, 6.07) is 14.8. The molecule has 4 aliphatic heterocycles. The summed E-state index contributed by atoms with van der Waals surface area (Å²) in [5, 5.41) is 0. The van der Waals surface area contributed by atoms with E-state index >= 15 is 0 Å². The lowest BCUT2D eigenvalue weighted by Gasteiger charge is -2.33. The molecule has 3 saturated heterocycles. The van der Waals surface area contributed by atoms with E-state index in [4.69, 9.17) is 4.74 Å². The van der Waals surface area contributed by atoms with E-state index in [9.17, 15) is 14.4 Å². The van der Waals surface area contributed by atoms with Gasteiger partial charge in [-0.15, -0.1) is 0 Å². The first kappa shape index (κ1) is 21.3. The van der Waals surface area contributed by atoms with Crippen molar-refractivity contribution >= 4 is 29.0 Å². The van der Waals surface area contributed by atoms with Crippen LogP contribution in [0.25, 0.3) is 0 Å². The number of carbonyl (C=O) groups excluding carboxylic acids is 3. The van der Waals surface area contributed by atoms with Crippen molar-refractivity contribution in [3.8, 4) is 0 Å². The Bertz CT molecular complexity index is 1200. The number of anilines is 2. The molecule has 2 unspecified atom stereocenters. The maximum atomic E-state index is 13.7. The second kappa shape index (κ2) is 8.18. The van der Waals surface area contributed by atoms with E-state index in [2.05, 4.69) is 11.0 Å². The second-order valence-electron chi connectivity index (χ2n) is 9.54. The van der Waals surface area contributed by atoms with Crippen molar-refractivity contribution in [3.63, 3.8) is 0 Å². The highest BCUT2D eigenvalue weighted by atomic mass is 16.5. The molecule has 4 heterocycles. The molecule has 2 aromatic rings. The zero-order chi connectivity index (χ0) is 23.4. The van der Waals surface area contributed by atoms with Gasteiger partial charge in [-0.1, -0.05) is 42.0 Å². The Labute approximate surface area is 198 Å². The number of nitrogens with zero attached hydrogens (tertiary/aromatic N) is 3. The highest BCUT2D eigenvalue weighted by Gasteiger charge is 2.64. The van der Waals surface area contributed by atoms with Crippen LogP contribution in [0, 0.1) is 18.8 Å². The number of ether oxygens (including phenoxy) is 1. The van der Waals surface area contributed by atoms with Gasteiger partial charge < -0.3 is 9.64 Å². The van der Waals surface area contributed by atoms with E-state index in [-0.39, 0.29) is 23.6 Å². The third kappa shape index (κ3) is 3.30. The topological polar surface area (TPSA) is 70.2 Å². The molecule has 0 radical (unpaired) electrons. The van der Waals surface area contributed by atoms with E-state index in [0.717, 1.165) is 29.9 Å². The maximum absolute atomic E-state index is 13.7. The van der Waals surface area contributed by atoms with E-state index in [1.54, 1.807) is 12.1 Å². The monoisotopic (exact) mass is 457 g/mol. The number of morpholine rings is 1. The van der Waals surface area contributed by atoms with Gasteiger partial charge in [-0.05, 0) is 36.8 Å². The van der Waals surface area contributed by atoms with Crippen LogP contribution in [0.4, 0.5) is 11.4 Å². The molecule has 6 rings (SSSR count). The maximum Gasteiger partial charge on any atom is 0.239 e. The molecule has 34 heavy (non-hydrogen) atoms. The molecule has 2 aromatic carbocycles. The van der Waals surface area contributed by atoms with E-state index in [0.29, 0.717) is 25.4 Å². The van der Waals surface area contributed by atoms with E-state index in [1.165, 1.54) is 4.90 Å². The first-order valence-electron chi connectivity index (χ1n) is 11.9. The number of aryl methyl sites for hydroxylation is 1. The van der Waals surface area contributed by atoms with E-state index < -0.39 is 17.9 Å². The second-order valence-corrected chi connectivity index (χ2v) is 9.54. The molecule has 0 aliphatic carbocycles. The largest absolute Gasteiger partial charge is 0.378 e. The molecule has 0 aromatic heterocycles. The molecule has 0 saturated carbocycles. The Morgan fingerprint density at radius 1 is 0.912 bits per heavy atom. The summed E-state index contributed by atoms with van der Waals surface area (Å²) in [4.78, 5) is 45.9. The lowest BCUT2D eigenvalue weighted by atomic mass is 9.90. The molecule has 4 aliphatic rings. The SMILES string of the molecule is Cc1cccc(CN2[C@@H]3C(=O)C=C[C@H]2C2C(=O)N(c4cccc(N5CCOCC5)c4)C(=O)C23)c1. The average Bonchev–Trinajstić information content (AvgIpc) is 3.23. The quantitative estimate of drug-likeness (QED) is 0.657. The van der Waals surface area contributed by atoms with Crippen molar-refractivity contribution < 1.29 is 19.1 Å². The summed E-state index contributed by atoms with van der Waals surface area (Å²) >= 11 is 0. The third-order valence-corrected chi connectivity index (χ3v) is 7.51. The minimum Gasteiger partial charge on any atom is -0.378 e. The Kier molecular flexibility index (Phi) is 5.12. The highest BCUT2D eigenvalue weighted by molar-refractivity contribution is 6.24. The van der Waals surface area contributed by atoms with Crippen molar-refractivity contribution in [1.29, 1.82) is 0 Å². The van der Waals surface area contributed by atoms with Crippen LogP contribution in [0.5, 0.6) is 0 Å². The number of carbonyl (C=O) groups is 3. The summed E-state index contributed by atoms with van der Waals surface area (Å²) in [5.74, 6) is -1.78. The zero-order valence-electron chi connectivity index (χ0n) is 19.1. The standard InChI is InChI=1S/C27H27N3O4/c1-17-4-2-5-18(14-17)16-29-21-8-9-22(31)25(29)24-23(21)26(32)30(27(24)33)20-7-3-6-19(15-20)28-10-12-34-13-11-28/h2-9,14-15,21,23-25H,10-13,16H2,1H3/t21-,23?,24?,25+/m0/s1. The highest BCUT2D eigenvalue weighted by Crippen LogP contribution is 2.47. The summed E-state index contributed by atoms with van der Waals surface area (Å²) in [6.07, 6.45) is 3.38. The van der Waals surface area contributed by atoms with Gasteiger partial charge in [0.1, 0.15) is 0 Å². The van der Waals surface area contributed by atoms with Gasteiger partial charge in [0.05, 0.1) is 36.8 Å². The number of hydrogen-bond acceptors (Lipinski definition) is 6. The number of benzene rings is 2. The number of rotatable bonds is 4. The van der Waals surface area contributed by atoms with Crippen LogP contribution in [0.3, 0.4) is 0 Å². The molecular weight excluding hydrogens is 430 g/mol. The molecule has 3 fully saturated rings. The van der Waals surface area contributed by atoms with Gasteiger partial charge >= 0.3 is 0 Å². The van der Waals surface area contributed by atoms with Gasteiger partial charge in [-0.2, -0.15) is 0 Å². The molecule has 0 spiro atoms. The normalized spacial score (nSPS) is 28.7. The average molecular weight is 458 g/mol. The molecule has 2 amide bonds. The van der Waals surface area contributed by atoms with Crippen molar-refractivity contribution in [3.05, 3.63) is 71.8 Å². The summed E-state index contributed by atoms with van der Waals surface area (Å²) < 4.78 is 5.44. The lowest BCUT2D eigenvalue weighted by molar-refractivity contribution is -0.129. The smallest absolute Gasteiger partial charge is 0.239 e. The van der Waals surface area contributed by atoms with Crippen molar-refractivity contribution in [2.75, 3.05) is 36.1 Å². The van der Waals surface area contributed by atoms with Gasteiger partial charge in [-0.25, -0.2) is 4.90 Å². The summed E-state index contributed by atoms with van der Waals surface area (Å²) in [6.45, 7) is 5.42. The predicted octanol–water partition coefficient (Wildman–Crippen LogP) is 2.33. The van der Waals surface area contributed by atoms with Crippen LogP contribution in [0.15, 0.2) is 60.7 Å². The fourth-order valence-electron chi connectivity index (χ4n) is 5.99. The van der Waals surface area contributed by atoms with Crippen LogP contribution < -0.4 is 9.80 Å². The van der Waals surface area contributed by atoms with Crippen LogP contribution in [-0.2, 0) is 25.7 Å². The third-order valence-electron chi connectivity index (χ3n) is 7.51. The van der Waals surface area contributed by atoms with Crippen molar-refractivity contribution in [1.82, 2.24) is 4.90 Å². The number of imide groups is 1. The van der Waals surface area contributed by atoms with E-state index in [1.807, 2.05) is 54.3 Å². The Hall–Kier alpha value is -3.29. The molecular formula is C27H27N3O4. The molecule has 2 bridgehead atoms. The van der Waals surface area contributed by atoms with Crippen LogP contribution in [0.2, 0.25) is 0 Å².